The Morgan fingerprint density at radius 1 is 1.11 bits per heavy atom. The number of fused-ring (bicyclic) bond motifs is 1. The Hall–Kier alpha value is -2.16. The third-order valence-electron chi connectivity index (χ3n) is 3.21. The first-order valence-electron chi connectivity index (χ1n) is 5.89. The predicted octanol–water partition coefficient (Wildman–Crippen LogP) is 2.31. The van der Waals surface area contributed by atoms with Gasteiger partial charge in [-0.2, -0.15) is 0 Å². The van der Waals surface area contributed by atoms with Crippen LogP contribution in [0.5, 0.6) is 5.75 Å². The molecule has 0 unspecified atom stereocenters. The van der Waals surface area contributed by atoms with Gasteiger partial charge in [0.25, 0.3) is 5.95 Å². The van der Waals surface area contributed by atoms with E-state index >= 15 is 0 Å². The number of hydrogen-bond donors (Lipinski definition) is 3. The number of benzene rings is 2. The molecule has 0 aliphatic rings. The second-order valence-corrected chi connectivity index (χ2v) is 4.32. The van der Waals surface area contributed by atoms with E-state index in [1.54, 1.807) is 6.07 Å². The second kappa shape index (κ2) is 4.61. The Morgan fingerprint density at radius 3 is 2.39 bits per heavy atom. The zero-order valence-corrected chi connectivity index (χ0v) is 10.4. The van der Waals surface area contributed by atoms with Gasteiger partial charge < -0.3 is 15.3 Å². The Balaban J connectivity index is 3.22. The van der Waals surface area contributed by atoms with Crippen LogP contribution < -0.4 is 10.4 Å². The molecule has 0 spiro atoms. The summed E-state index contributed by atoms with van der Waals surface area (Å²) in [5, 5.41) is 31.3. The first kappa shape index (κ1) is 12.3. The Labute approximate surface area is 105 Å². The normalized spacial score (nSPS) is 12.6. The largest absolute Gasteiger partial charge is 0.507 e. The highest BCUT2D eigenvalue weighted by Crippen LogP contribution is 2.14. The molecule has 0 fully saturated rings. The average molecular weight is 244 g/mol. The molecular formula is C15H16O3. The molecule has 0 aliphatic heterocycles. The molecule has 94 valence electrons. The molecule has 0 saturated carbocycles. The van der Waals surface area contributed by atoms with E-state index in [4.69, 9.17) is 0 Å². The minimum Gasteiger partial charge on any atom is -0.507 e. The number of phenols is 1. The standard InChI is InChI=1S/C15H16O3/c1-3-9(2)13-11-7-5-4-6-10(11)8-12(16)14(13)15(17)18/h4-8,16-18H,3H2,1-2H3. The minimum absolute atomic E-state index is 0.105. The van der Waals surface area contributed by atoms with Gasteiger partial charge in [-0.15, -0.1) is 0 Å². The van der Waals surface area contributed by atoms with Gasteiger partial charge in [0.15, 0.2) is 0 Å². The van der Waals surface area contributed by atoms with E-state index in [-0.39, 0.29) is 11.0 Å². The van der Waals surface area contributed by atoms with Gasteiger partial charge in [-0.05, 0) is 35.4 Å². The zero-order valence-electron chi connectivity index (χ0n) is 10.4. The third kappa shape index (κ3) is 1.88. The van der Waals surface area contributed by atoms with Crippen LogP contribution in [0.15, 0.2) is 30.3 Å². The van der Waals surface area contributed by atoms with Crippen LogP contribution in [0.3, 0.4) is 0 Å². The summed E-state index contributed by atoms with van der Waals surface area (Å²) in [4.78, 5) is 0. The van der Waals surface area contributed by atoms with Gasteiger partial charge in [0.2, 0.25) is 0 Å². The quantitative estimate of drug-likeness (QED) is 0.721. The van der Waals surface area contributed by atoms with Crippen LogP contribution >= 0.6 is 0 Å². The van der Waals surface area contributed by atoms with Crippen molar-refractivity contribution >= 4 is 22.3 Å². The summed E-state index contributed by atoms with van der Waals surface area (Å²) in [6, 6.07) is 9.12. The van der Waals surface area contributed by atoms with E-state index in [0.717, 1.165) is 22.8 Å². The fourth-order valence-electron chi connectivity index (χ4n) is 2.18. The van der Waals surface area contributed by atoms with E-state index in [1.165, 1.54) is 0 Å². The Kier molecular flexibility index (Phi) is 3.15. The zero-order chi connectivity index (χ0) is 13.3. The SMILES string of the molecule is CCC(C)=c1c(=C(O)O)c(O)cc2ccccc12. The smallest absolute Gasteiger partial charge is 0.286 e. The van der Waals surface area contributed by atoms with Gasteiger partial charge >= 0.3 is 0 Å². The lowest BCUT2D eigenvalue weighted by atomic mass is 10.0. The van der Waals surface area contributed by atoms with Crippen molar-refractivity contribution in [2.45, 2.75) is 20.3 Å². The van der Waals surface area contributed by atoms with Crippen LogP contribution in [0.1, 0.15) is 20.3 Å². The molecule has 0 bridgehead atoms. The molecule has 0 atom stereocenters. The highest BCUT2D eigenvalue weighted by Gasteiger charge is 2.07. The molecule has 2 aromatic rings. The number of phenolic OH excluding ortho intramolecular Hbond substituents is 1. The molecule has 18 heavy (non-hydrogen) atoms. The summed E-state index contributed by atoms with van der Waals surface area (Å²) in [7, 11) is 0. The fourth-order valence-corrected chi connectivity index (χ4v) is 2.18. The summed E-state index contributed by atoms with van der Waals surface area (Å²) >= 11 is 0. The van der Waals surface area contributed by atoms with Gasteiger partial charge in [0.05, 0.1) is 0 Å². The lowest BCUT2D eigenvalue weighted by molar-refractivity contribution is 0.295. The van der Waals surface area contributed by atoms with Crippen LogP contribution in [-0.2, 0) is 0 Å². The maximum Gasteiger partial charge on any atom is 0.286 e. The molecule has 0 aromatic heterocycles. The number of aliphatic hydroxyl groups excluding tert-OH is 1. The average Bonchev–Trinajstić information content (AvgIpc) is 2.35. The summed E-state index contributed by atoms with van der Waals surface area (Å²) in [6.45, 7) is 3.92. The fraction of sp³-hybridized carbons (Fsp3) is 0.200. The first-order valence-corrected chi connectivity index (χ1v) is 5.89. The number of aromatic hydroxyl groups is 1. The van der Waals surface area contributed by atoms with Crippen molar-refractivity contribution in [3.05, 3.63) is 40.8 Å². The summed E-state index contributed by atoms with van der Waals surface area (Å²) in [5.41, 5.74) is 0.998. The molecule has 0 heterocycles. The lowest BCUT2D eigenvalue weighted by Gasteiger charge is -2.06. The van der Waals surface area contributed by atoms with Crippen LogP contribution in [0, 0.1) is 0 Å². The highest BCUT2D eigenvalue weighted by molar-refractivity contribution is 5.86. The Morgan fingerprint density at radius 2 is 1.78 bits per heavy atom. The van der Waals surface area contributed by atoms with Gasteiger partial charge in [-0.25, -0.2) is 0 Å². The maximum absolute atomic E-state index is 9.95. The van der Waals surface area contributed by atoms with E-state index in [0.29, 0.717) is 5.22 Å². The lowest BCUT2D eigenvalue weighted by Crippen LogP contribution is -2.30. The molecule has 2 rings (SSSR count). The summed E-state index contributed by atoms with van der Waals surface area (Å²) in [5.74, 6) is -0.961. The van der Waals surface area contributed by atoms with Crippen molar-refractivity contribution in [1.82, 2.24) is 0 Å². The van der Waals surface area contributed by atoms with Gasteiger partial charge in [-0.1, -0.05) is 36.8 Å². The van der Waals surface area contributed by atoms with E-state index in [9.17, 15) is 15.3 Å². The molecule has 0 saturated heterocycles. The summed E-state index contributed by atoms with van der Waals surface area (Å²) in [6.07, 6.45) is 0.772. The van der Waals surface area contributed by atoms with Crippen molar-refractivity contribution in [2.75, 3.05) is 0 Å². The topological polar surface area (TPSA) is 60.7 Å². The van der Waals surface area contributed by atoms with Crippen molar-refractivity contribution in [3.8, 4) is 5.75 Å². The number of aliphatic hydroxyl groups is 2. The molecule has 0 aliphatic carbocycles. The Bertz CT molecular complexity index is 710. The minimum atomic E-state index is -0.846. The highest BCUT2D eigenvalue weighted by atomic mass is 16.5. The van der Waals surface area contributed by atoms with Crippen molar-refractivity contribution < 1.29 is 15.3 Å². The van der Waals surface area contributed by atoms with Crippen molar-refractivity contribution in [1.29, 1.82) is 0 Å². The third-order valence-corrected chi connectivity index (χ3v) is 3.21. The second-order valence-electron chi connectivity index (χ2n) is 4.32. The van der Waals surface area contributed by atoms with Crippen LogP contribution in [0.2, 0.25) is 0 Å². The molecule has 0 amide bonds. The molecule has 0 radical (unpaired) electrons. The van der Waals surface area contributed by atoms with Crippen molar-refractivity contribution in [3.63, 3.8) is 0 Å². The van der Waals surface area contributed by atoms with E-state index < -0.39 is 5.95 Å². The molecule has 3 heteroatoms. The van der Waals surface area contributed by atoms with Crippen molar-refractivity contribution in [2.24, 2.45) is 0 Å². The van der Waals surface area contributed by atoms with Gasteiger partial charge in [0.1, 0.15) is 11.0 Å². The van der Waals surface area contributed by atoms with Crippen LogP contribution in [0.25, 0.3) is 22.3 Å². The summed E-state index contributed by atoms with van der Waals surface area (Å²) < 4.78 is 0. The van der Waals surface area contributed by atoms with E-state index in [2.05, 4.69) is 0 Å². The molecular weight excluding hydrogens is 228 g/mol. The monoisotopic (exact) mass is 244 g/mol. The first-order chi connectivity index (χ1) is 8.56. The van der Waals surface area contributed by atoms with Crippen LogP contribution in [-0.4, -0.2) is 15.3 Å². The maximum atomic E-state index is 9.95. The number of rotatable bonds is 1. The predicted molar refractivity (Wildman–Crippen MR) is 72.9 cm³/mol. The van der Waals surface area contributed by atoms with E-state index in [1.807, 2.05) is 38.1 Å². The molecule has 3 nitrogen and oxygen atoms in total. The number of hydrogen-bond acceptors (Lipinski definition) is 3. The van der Waals surface area contributed by atoms with Gasteiger partial charge in [0, 0.05) is 0 Å². The molecule has 3 N–H and O–H groups in total. The van der Waals surface area contributed by atoms with Crippen LogP contribution in [0.4, 0.5) is 0 Å². The van der Waals surface area contributed by atoms with Gasteiger partial charge in [-0.3, -0.25) is 0 Å². The molecule has 2 aromatic carbocycles.